The van der Waals surface area contributed by atoms with E-state index in [-0.39, 0.29) is 5.57 Å². The normalized spacial score (nSPS) is 11.9. The van der Waals surface area contributed by atoms with Crippen LogP contribution < -0.4 is 4.74 Å². The van der Waals surface area contributed by atoms with E-state index >= 15 is 0 Å². The quantitative estimate of drug-likeness (QED) is 0.447. The molecule has 0 radical (unpaired) electrons. The largest absolute Gasteiger partial charge is 0.497 e. The van der Waals surface area contributed by atoms with Gasteiger partial charge in [0.25, 0.3) is 5.91 Å². The van der Waals surface area contributed by atoms with Crippen LogP contribution in [-0.4, -0.2) is 38.0 Å². The second kappa shape index (κ2) is 9.20. The monoisotopic (exact) mass is 364 g/mol. The molecule has 2 rings (SSSR count). The number of nitriles is 1. The Labute approximate surface area is 158 Å². The van der Waals surface area contributed by atoms with E-state index in [9.17, 15) is 14.9 Å². The minimum atomic E-state index is -1.12. The molecule has 0 N–H and O–H groups in total. The van der Waals surface area contributed by atoms with Gasteiger partial charge in [0.05, 0.1) is 7.11 Å². The maximum Gasteiger partial charge on any atom is 0.350 e. The topological polar surface area (TPSA) is 79.6 Å². The molecule has 0 aliphatic heterocycles. The van der Waals surface area contributed by atoms with E-state index in [1.165, 1.54) is 11.0 Å². The number of nitrogens with zero attached hydrogens (tertiary/aromatic N) is 2. The fraction of sp³-hybridized carbons (Fsp3) is 0.190. The van der Waals surface area contributed by atoms with Crippen molar-refractivity contribution in [1.29, 1.82) is 5.26 Å². The zero-order valence-corrected chi connectivity index (χ0v) is 15.4. The Balaban J connectivity index is 2.27. The van der Waals surface area contributed by atoms with E-state index in [4.69, 9.17) is 9.47 Å². The first kappa shape index (κ1) is 19.7. The number of carbonyl (C=O) groups excluding carboxylic acids is 2. The van der Waals surface area contributed by atoms with Crippen molar-refractivity contribution in [2.75, 3.05) is 21.2 Å². The third kappa shape index (κ3) is 5.19. The van der Waals surface area contributed by atoms with Gasteiger partial charge in [-0.15, -0.1) is 0 Å². The van der Waals surface area contributed by atoms with Gasteiger partial charge in [-0.2, -0.15) is 5.26 Å². The fourth-order valence-corrected chi connectivity index (χ4v) is 2.30. The van der Waals surface area contributed by atoms with Gasteiger partial charge < -0.3 is 14.4 Å². The van der Waals surface area contributed by atoms with E-state index in [1.54, 1.807) is 75.8 Å². The van der Waals surface area contributed by atoms with Gasteiger partial charge >= 0.3 is 5.97 Å². The molecule has 0 aliphatic rings. The summed E-state index contributed by atoms with van der Waals surface area (Å²) in [5, 5.41) is 9.35. The lowest BCUT2D eigenvalue weighted by Gasteiger charge is -2.21. The Morgan fingerprint density at radius 2 is 1.70 bits per heavy atom. The first-order valence-corrected chi connectivity index (χ1v) is 8.19. The average molecular weight is 364 g/mol. The van der Waals surface area contributed by atoms with Crippen LogP contribution in [0.2, 0.25) is 0 Å². The van der Waals surface area contributed by atoms with Crippen molar-refractivity contribution in [3.63, 3.8) is 0 Å². The van der Waals surface area contributed by atoms with Crippen LogP contribution in [0.15, 0.2) is 60.2 Å². The summed E-state index contributed by atoms with van der Waals surface area (Å²) in [6, 6.07) is 17.4. The molecule has 1 amide bonds. The van der Waals surface area contributed by atoms with Crippen molar-refractivity contribution < 1.29 is 19.1 Å². The number of rotatable bonds is 6. The summed E-state index contributed by atoms with van der Waals surface area (Å²) in [6.07, 6.45) is 0.283. The molecule has 0 saturated carbocycles. The summed E-state index contributed by atoms with van der Waals surface area (Å²) >= 11 is 0. The second-order valence-corrected chi connectivity index (χ2v) is 5.87. The van der Waals surface area contributed by atoms with Crippen molar-refractivity contribution in [1.82, 2.24) is 4.90 Å². The Kier molecular flexibility index (Phi) is 6.73. The molecule has 0 aliphatic carbocycles. The number of benzene rings is 2. The summed E-state index contributed by atoms with van der Waals surface area (Å²) in [5.74, 6) is -0.595. The van der Waals surface area contributed by atoms with E-state index < -0.39 is 18.0 Å². The van der Waals surface area contributed by atoms with Gasteiger partial charge in [0.1, 0.15) is 17.4 Å². The summed E-state index contributed by atoms with van der Waals surface area (Å²) in [4.78, 5) is 26.3. The number of likely N-dealkylation sites (N-methyl/N-ethyl adjacent to an activating group) is 1. The maximum absolute atomic E-state index is 12.5. The number of esters is 1. The van der Waals surface area contributed by atoms with Crippen molar-refractivity contribution in [2.45, 2.75) is 6.10 Å². The highest BCUT2D eigenvalue weighted by Crippen LogP contribution is 2.22. The number of hydrogen-bond donors (Lipinski definition) is 0. The molecule has 0 unspecified atom stereocenters. The predicted molar refractivity (Wildman–Crippen MR) is 101 cm³/mol. The molecule has 0 aromatic heterocycles. The fourth-order valence-electron chi connectivity index (χ4n) is 2.30. The number of ether oxygens (including phenoxy) is 2. The van der Waals surface area contributed by atoms with Crippen LogP contribution in [-0.2, 0) is 14.3 Å². The molecule has 6 nitrogen and oxygen atoms in total. The van der Waals surface area contributed by atoms with Crippen LogP contribution >= 0.6 is 0 Å². The smallest absolute Gasteiger partial charge is 0.350 e. The van der Waals surface area contributed by atoms with Gasteiger partial charge in [-0.3, -0.25) is 4.79 Å². The first-order valence-electron chi connectivity index (χ1n) is 8.19. The second-order valence-electron chi connectivity index (χ2n) is 5.87. The Morgan fingerprint density at radius 1 is 1.07 bits per heavy atom. The highest BCUT2D eigenvalue weighted by molar-refractivity contribution is 5.99. The average Bonchev–Trinajstić information content (AvgIpc) is 2.70. The zero-order valence-electron chi connectivity index (χ0n) is 15.4. The van der Waals surface area contributed by atoms with Crippen LogP contribution in [0.3, 0.4) is 0 Å². The molecule has 0 spiro atoms. The highest BCUT2D eigenvalue weighted by Gasteiger charge is 2.27. The molecule has 1 atom stereocenters. The number of carbonyl (C=O) groups is 2. The van der Waals surface area contributed by atoms with Gasteiger partial charge in [-0.05, 0) is 23.8 Å². The van der Waals surface area contributed by atoms with Gasteiger partial charge in [0.2, 0.25) is 6.10 Å². The number of hydrogen-bond acceptors (Lipinski definition) is 5. The molecule has 0 heterocycles. The molecule has 2 aromatic carbocycles. The number of methoxy groups -OCH3 is 1. The summed E-state index contributed by atoms with van der Waals surface area (Å²) in [5.41, 5.74) is 0.971. The Morgan fingerprint density at radius 3 is 2.22 bits per heavy atom. The Bertz CT molecular complexity index is 865. The van der Waals surface area contributed by atoms with Crippen molar-refractivity contribution >= 4 is 18.0 Å². The van der Waals surface area contributed by atoms with Gasteiger partial charge in [0.15, 0.2) is 0 Å². The van der Waals surface area contributed by atoms with E-state index in [2.05, 4.69) is 0 Å². The lowest BCUT2D eigenvalue weighted by molar-refractivity contribution is -0.156. The molecule has 27 heavy (non-hydrogen) atoms. The molecule has 6 heteroatoms. The minimum absolute atomic E-state index is 0.201. The minimum Gasteiger partial charge on any atom is -0.497 e. The summed E-state index contributed by atoms with van der Waals surface area (Å²) in [7, 11) is 4.70. The SMILES string of the molecule is COc1ccc(/C=C(\C#N)C(=O)O[C@@H](C(=O)N(C)C)c2ccccc2)cc1. The van der Waals surface area contributed by atoms with Crippen molar-refractivity contribution in [3.8, 4) is 11.8 Å². The maximum atomic E-state index is 12.5. The van der Waals surface area contributed by atoms with Gasteiger partial charge in [-0.1, -0.05) is 42.5 Å². The molecule has 0 saturated heterocycles. The lowest BCUT2D eigenvalue weighted by atomic mass is 10.1. The van der Waals surface area contributed by atoms with Crippen LogP contribution in [0, 0.1) is 11.3 Å². The Hall–Kier alpha value is -3.59. The van der Waals surface area contributed by atoms with E-state index in [0.717, 1.165) is 0 Å². The van der Waals surface area contributed by atoms with Crippen LogP contribution in [0.4, 0.5) is 0 Å². The molecule has 0 fully saturated rings. The van der Waals surface area contributed by atoms with E-state index in [0.29, 0.717) is 16.9 Å². The van der Waals surface area contributed by atoms with E-state index in [1.807, 2.05) is 6.07 Å². The summed E-state index contributed by atoms with van der Waals surface area (Å²) < 4.78 is 10.5. The lowest BCUT2D eigenvalue weighted by Crippen LogP contribution is -2.31. The number of amides is 1. The van der Waals surface area contributed by atoms with Crippen LogP contribution in [0.1, 0.15) is 17.2 Å². The van der Waals surface area contributed by atoms with Crippen molar-refractivity contribution in [3.05, 3.63) is 71.3 Å². The van der Waals surface area contributed by atoms with Gasteiger partial charge in [-0.25, -0.2) is 4.79 Å². The first-order chi connectivity index (χ1) is 13.0. The predicted octanol–water partition coefficient (Wildman–Crippen LogP) is 2.97. The van der Waals surface area contributed by atoms with Crippen molar-refractivity contribution in [2.24, 2.45) is 0 Å². The molecular weight excluding hydrogens is 344 g/mol. The zero-order chi connectivity index (χ0) is 19.8. The molecule has 138 valence electrons. The van der Waals surface area contributed by atoms with Gasteiger partial charge in [0, 0.05) is 19.7 Å². The van der Waals surface area contributed by atoms with Crippen LogP contribution in [0.5, 0.6) is 5.75 Å². The molecular formula is C21H20N2O4. The highest BCUT2D eigenvalue weighted by atomic mass is 16.5. The molecule has 0 bridgehead atoms. The molecule has 2 aromatic rings. The summed E-state index contributed by atoms with van der Waals surface area (Å²) in [6.45, 7) is 0. The third-order valence-corrected chi connectivity index (χ3v) is 3.76. The third-order valence-electron chi connectivity index (χ3n) is 3.76. The standard InChI is InChI=1S/C21H20N2O4/c1-23(2)20(24)19(16-7-5-4-6-8-16)27-21(25)17(14-22)13-15-9-11-18(26-3)12-10-15/h4-13,19H,1-3H3/b17-13+/t19-/m1/s1. The van der Waals surface area contributed by atoms with Crippen LogP contribution in [0.25, 0.3) is 6.08 Å².